The van der Waals surface area contributed by atoms with Gasteiger partial charge in [0.1, 0.15) is 0 Å². The minimum atomic E-state index is -2.94. The molecule has 0 bridgehead atoms. The Morgan fingerprint density at radius 3 is 2.57 bits per heavy atom. The van der Waals surface area contributed by atoms with Crippen LogP contribution in [0.4, 0.5) is 20.3 Å². The van der Waals surface area contributed by atoms with Crippen molar-refractivity contribution in [2.75, 3.05) is 43.5 Å². The van der Waals surface area contributed by atoms with Gasteiger partial charge in [-0.15, -0.1) is 0 Å². The molecule has 0 spiro atoms. The van der Waals surface area contributed by atoms with Crippen molar-refractivity contribution in [3.05, 3.63) is 30.0 Å². The first-order valence-corrected chi connectivity index (χ1v) is 8.49. The van der Waals surface area contributed by atoms with E-state index < -0.39 is 23.8 Å². The molecule has 1 aliphatic heterocycles. The highest BCUT2D eigenvalue weighted by Crippen LogP contribution is 2.29. The fraction of sp³-hybridized carbons (Fsp3) is 0.412. The van der Waals surface area contributed by atoms with Crippen molar-refractivity contribution < 1.29 is 27.5 Å². The Morgan fingerprint density at radius 1 is 1.25 bits per heavy atom. The lowest BCUT2D eigenvalue weighted by Gasteiger charge is -2.35. The quantitative estimate of drug-likeness (QED) is 0.826. The maximum absolute atomic E-state index is 13.0. The number of alkyl halides is 2. The van der Waals surface area contributed by atoms with E-state index in [1.54, 1.807) is 17.0 Å². The van der Waals surface area contributed by atoms with Gasteiger partial charge in [-0.2, -0.15) is 4.98 Å². The second-order valence-corrected chi connectivity index (χ2v) is 6.04. The number of methoxy groups -OCH3 is 1. The van der Waals surface area contributed by atoms with Crippen LogP contribution >= 0.6 is 0 Å². The Labute approximate surface area is 159 Å². The molecule has 1 aliphatic rings. The maximum Gasteiger partial charge on any atom is 0.293 e. The van der Waals surface area contributed by atoms with Crippen LogP contribution in [-0.4, -0.2) is 60.0 Å². The molecule has 3 heterocycles. The number of nitrogens with one attached hydrogen (secondary N) is 1. The molecule has 11 heteroatoms. The normalized spacial score (nSPS) is 14.3. The van der Waals surface area contributed by atoms with Gasteiger partial charge in [-0.25, -0.2) is 13.8 Å². The molecular formula is C17H19F2N5O4. The largest absolute Gasteiger partial charge is 0.481 e. The van der Waals surface area contributed by atoms with Crippen LogP contribution in [0.25, 0.3) is 0 Å². The van der Waals surface area contributed by atoms with E-state index in [9.17, 15) is 18.4 Å². The average molecular weight is 395 g/mol. The van der Waals surface area contributed by atoms with Gasteiger partial charge >= 0.3 is 0 Å². The highest BCUT2D eigenvalue weighted by atomic mass is 19.3. The van der Waals surface area contributed by atoms with E-state index in [2.05, 4.69) is 15.3 Å². The molecule has 0 atom stereocenters. The summed E-state index contributed by atoms with van der Waals surface area (Å²) in [6.45, 7) is 3.49. The summed E-state index contributed by atoms with van der Waals surface area (Å²) in [5.74, 6) is -0.692. The van der Waals surface area contributed by atoms with Crippen LogP contribution in [0.5, 0.6) is 5.88 Å². The topological polar surface area (TPSA) is 101 Å². The summed E-state index contributed by atoms with van der Waals surface area (Å²) in [7, 11) is 1.46. The van der Waals surface area contributed by atoms with Crippen molar-refractivity contribution in [1.29, 1.82) is 0 Å². The van der Waals surface area contributed by atoms with E-state index in [0.717, 1.165) is 6.39 Å². The van der Waals surface area contributed by atoms with E-state index in [1.165, 1.54) is 14.0 Å². The van der Waals surface area contributed by atoms with Crippen molar-refractivity contribution in [2.45, 2.75) is 13.3 Å². The number of amides is 2. The highest BCUT2D eigenvalue weighted by Gasteiger charge is 2.27. The van der Waals surface area contributed by atoms with Crippen molar-refractivity contribution in [3.63, 3.8) is 0 Å². The third kappa shape index (κ3) is 4.02. The standard InChI is InChI=1S/C17H19F2N5O4/c1-10(25)23-5-7-24(8-6-23)16-11(3-4-12(22-16)27-2)21-17(26)14-13(15(18)19)20-9-28-14/h3-4,9,15H,5-8H2,1-2H3,(H,21,26). The third-order valence-corrected chi connectivity index (χ3v) is 4.34. The van der Waals surface area contributed by atoms with E-state index in [1.807, 2.05) is 4.90 Å². The molecule has 0 unspecified atom stereocenters. The number of anilines is 2. The van der Waals surface area contributed by atoms with Crippen molar-refractivity contribution in [1.82, 2.24) is 14.9 Å². The number of piperazine rings is 1. The van der Waals surface area contributed by atoms with Crippen molar-refractivity contribution in [2.24, 2.45) is 0 Å². The number of aromatic nitrogens is 2. The number of nitrogens with zero attached hydrogens (tertiary/aromatic N) is 4. The molecule has 0 aliphatic carbocycles. The third-order valence-electron chi connectivity index (χ3n) is 4.34. The molecule has 2 aromatic heterocycles. The van der Waals surface area contributed by atoms with Gasteiger partial charge in [-0.05, 0) is 6.07 Å². The summed E-state index contributed by atoms with van der Waals surface area (Å²) < 4.78 is 35.9. The van der Waals surface area contributed by atoms with Gasteiger partial charge in [0, 0.05) is 39.2 Å². The number of pyridine rings is 1. The van der Waals surface area contributed by atoms with Crippen LogP contribution in [0.15, 0.2) is 22.9 Å². The second-order valence-electron chi connectivity index (χ2n) is 6.04. The van der Waals surface area contributed by atoms with E-state index >= 15 is 0 Å². The molecule has 9 nitrogen and oxygen atoms in total. The van der Waals surface area contributed by atoms with Gasteiger partial charge in [-0.3, -0.25) is 9.59 Å². The molecule has 2 aromatic rings. The smallest absolute Gasteiger partial charge is 0.293 e. The minimum absolute atomic E-state index is 0.0170. The van der Waals surface area contributed by atoms with Crippen LogP contribution in [-0.2, 0) is 4.79 Å². The average Bonchev–Trinajstić information content (AvgIpc) is 3.19. The van der Waals surface area contributed by atoms with Crippen LogP contribution in [0.3, 0.4) is 0 Å². The number of halogens is 2. The first-order valence-electron chi connectivity index (χ1n) is 8.49. The summed E-state index contributed by atoms with van der Waals surface area (Å²) in [5, 5.41) is 2.54. The lowest BCUT2D eigenvalue weighted by atomic mass is 10.2. The Hall–Kier alpha value is -3.24. The van der Waals surface area contributed by atoms with E-state index in [-0.39, 0.29) is 5.91 Å². The molecule has 3 rings (SSSR count). The molecule has 1 fully saturated rings. The van der Waals surface area contributed by atoms with Crippen LogP contribution in [0, 0.1) is 0 Å². The summed E-state index contributed by atoms with van der Waals surface area (Å²) in [4.78, 5) is 35.3. The van der Waals surface area contributed by atoms with Crippen molar-refractivity contribution >= 4 is 23.3 Å². The number of oxazole rings is 1. The van der Waals surface area contributed by atoms with Gasteiger partial charge in [0.25, 0.3) is 12.3 Å². The summed E-state index contributed by atoms with van der Waals surface area (Å²) in [6, 6.07) is 3.11. The van der Waals surface area contributed by atoms with Gasteiger partial charge in [0.15, 0.2) is 17.9 Å². The maximum atomic E-state index is 13.0. The highest BCUT2D eigenvalue weighted by molar-refractivity contribution is 6.04. The fourth-order valence-corrected chi connectivity index (χ4v) is 2.88. The number of ether oxygens (including phenoxy) is 1. The summed E-state index contributed by atoms with van der Waals surface area (Å²) in [6.07, 6.45) is -2.14. The minimum Gasteiger partial charge on any atom is -0.481 e. The molecular weight excluding hydrogens is 376 g/mol. The zero-order valence-corrected chi connectivity index (χ0v) is 15.3. The van der Waals surface area contributed by atoms with Crippen LogP contribution < -0.4 is 15.0 Å². The Morgan fingerprint density at radius 2 is 1.96 bits per heavy atom. The van der Waals surface area contributed by atoms with Gasteiger partial charge < -0.3 is 24.3 Å². The number of rotatable bonds is 5. The van der Waals surface area contributed by atoms with Crippen LogP contribution in [0.2, 0.25) is 0 Å². The molecule has 1 N–H and O–H groups in total. The second kappa shape index (κ2) is 8.19. The Bertz CT molecular complexity index is 865. The number of hydrogen-bond acceptors (Lipinski definition) is 7. The number of carbonyl (C=O) groups excluding carboxylic acids is 2. The summed E-state index contributed by atoms with van der Waals surface area (Å²) >= 11 is 0. The molecule has 0 aromatic carbocycles. The van der Waals surface area contributed by atoms with Gasteiger partial charge in [0.05, 0.1) is 12.8 Å². The zero-order chi connectivity index (χ0) is 20.3. The molecule has 2 amide bonds. The Kier molecular flexibility index (Phi) is 5.71. The predicted octanol–water partition coefficient (Wildman–Crippen LogP) is 1.94. The molecule has 1 saturated heterocycles. The van der Waals surface area contributed by atoms with E-state index in [0.29, 0.717) is 43.6 Å². The number of hydrogen-bond donors (Lipinski definition) is 1. The SMILES string of the molecule is COc1ccc(NC(=O)c2ocnc2C(F)F)c(N2CCN(C(C)=O)CC2)n1. The lowest BCUT2D eigenvalue weighted by molar-refractivity contribution is -0.129. The Balaban J connectivity index is 1.84. The summed E-state index contributed by atoms with van der Waals surface area (Å²) in [5.41, 5.74) is -0.422. The van der Waals surface area contributed by atoms with Crippen LogP contribution in [0.1, 0.15) is 29.6 Å². The predicted molar refractivity (Wildman–Crippen MR) is 94.7 cm³/mol. The van der Waals surface area contributed by atoms with Gasteiger partial charge in [0.2, 0.25) is 17.5 Å². The fourth-order valence-electron chi connectivity index (χ4n) is 2.88. The first kappa shape index (κ1) is 19.5. The molecule has 150 valence electrons. The molecule has 0 saturated carbocycles. The van der Waals surface area contributed by atoms with Gasteiger partial charge in [-0.1, -0.05) is 0 Å². The lowest BCUT2D eigenvalue weighted by Crippen LogP contribution is -2.48. The van der Waals surface area contributed by atoms with E-state index in [4.69, 9.17) is 9.15 Å². The molecule has 28 heavy (non-hydrogen) atoms. The van der Waals surface area contributed by atoms with Crippen molar-refractivity contribution in [3.8, 4) is 5.88 Å². The first-order chi connectivity index (χ1) is 13.4. The number of carbonyl (C=O) groups is 2. The molecule has 0 radical (unpaired) electrons. The monoisotopic (exact) mass is 395 g/mol. The zero-order valence-electron chi connectivity index (χ0n) is 15.3.